The average molecular weight is 594 g/mol. The molecular formula is C32H20FN3O4S2. The largest absolute Gasteiger partial charge is 0.477 e. The molecule has 0 saturated heterocycles. The number of hydrogen-bond donors (Lipinski definition) is 1. The second kappa shape index (κ2) is 10.4. The maximum Gasteiger partial charge on any atom is 0.354 e. The molecule has 0 unspecified atom stereocenters. The maximum atomic E-state index is 14.8. The second-order valence-electron chi connectivity index (χ2n) is 9.54. The highest BCUT2D eigenvalue weighted by molar-refractivity contribution is 7.90. The standard InChI is InChI=1S/C32H20FN3O4S2/c1-19-6-10-24(11-7-19)42(39,40)36-28-13-9-23(33)17-26(28)29(25-14-15-41-31(25)34-2)30(36)21-5-3-4-20(16-21)22-8-12-27(32(37)38)35-18-22/h3-18H,1H3,(H,37,38). The van der Waals surface area contributed by atoms with Crippen molar-refractivity contribution in [1.82, 2.24) is 8.96 Å². The number of pyridine rings is 1. The van der Waals surface area contributed by atoms with Crippen molar-refractivity contribution in [3.63, 3.8) is 0 Å². The Morgan fingerprint density at radius 3 is 2.43 bits per heavy atom. The number of fused-ring (bicyclic) bond motifs is 1. The fraction of sp³-hybridized carbons (Fsp3) is 0.0312. The van der Waals surface area contributed by atoms with Crippen LogP contribution in [0.1, 0.15) is 16.1 Å². The Kier molecular flexibility index (Phi) is 6.69. The van der Waals surface area contributed by atoms with Crippen LogP contribution in [0.3, 0.4) is 0 Å². The van der Waals surface area contributed by atoms with Crippen molar-refractivity contribution in [2.45, 2.75) is 11.8 Å². The summed E-state index contributed by atoms with van der Waals surface area (Å²) in [7, 11) is -4.21. The lowest BCUT2D eigenvalue weighted by Gasteiger charge is -2.15. The lowest BCUT2D eigenvalue weighted by Crippen LogP contribution is -2.14. The summed E-state index contributed by atoms with van der Waals surface area (Å²) < 4.78 is 44.7. The summed E-state index contributed by atoms with van der Waals surface area (Å²) >= 11 is 1.22. The molecule has 10 heteroatoms. The number of carbonyl (C=O) groups is 1. The van der Waals surface area contributed by atoms with Crippen LogP contribution in [0.4, 0.5) is 9.39 Å². The molecule has 3 aromatic carbocycles. The molecule has 1 N–H and O–H groups in total. The molecule has 7 nitrogen and oxygen atoms in total. The van der Waals surface area contributed by atoms with Gasteiger partial charge in [-0.1, -0.05) is 48.0 Å². The Morgan fingerprint density at radius 1 is 0.976 bits per heavy atom. The van der Waals surface area contributed by atoms with Crippen LogP contribution in [-0.4, -0.2) is 28.5 Å². The molecule has 0 aliphatic carbocycles. The molecule has 0 fully saturated rings. The van der Waals surface area contributed by atoms with E-state index in [9.17, 15) is 22.7 Å². The minimum Gasteiger partial charge on any atom is -0.477 e. The summed E-state index contributed by atoms with van der Waals surface area (Å²) in [5.41, 5.74) is 4.03. The molecule has 3 aromatic heterocycles. The van der Waals surface area contributed by atoms with Gasteiger partial charge in [-0.2, -0.15) is 11.3 Å². The molecule has 0 aliphatic rings. The van der Waals surface area contributed by atoms with Gasteiger partial charge in [-0.25, -0.2) is 31.4 Å². The van der Waals surface area contributed by atoms with Gasteiger partial charge in [0.2, 0.25) is 5.00 Å². The number of benzene rings is 3. The van der Waals surface area contributed by atoms with Gasteiger partial charge in [-0.3, -0.25) is 0 Å². The van der Waals surface area contributed by atoms with Crippen LogP contribution < -0.4 is 0 Å². The first-order valence-electron chi connectivity index (χ1n) is 12.6. The number of hydrogen-bond acceptors (Lipinski definition) is 5. The number of carboxylic acid groups (broad SMARTS) is 1. The van der Waals surface area contributed by atoms with Gasteiger partial charge in [0.1, 0.15) is 11.5 Å². The Labute approximate surface area is 244 Å². The molecule has 206 valence electrons. The van der Waals surface area contributed by atoms with Crippen molar-refractivity contribution < 1.29 is 22.7 Å². The molecule has 0 bridgehead atoms. The first kappa shape index (κ1) is 27.1. The van der Waals surface area contributed by atoms with E-state index in [1.54, 1.807) is 53.9 Å². The van der Waals surface area contributed by atoms with Crippen molar-refractivity contribution in [3.8, 4) is 33.5 Å². The zero-order valence-electron chi connectivity index (χ0n) is 21.9. The summed E-state index contributed by atoms with van der Waals surface area (Å²) in [5, 5.41) is 11.7. The van der Waals surface area contributed by atoms with Crippen molar-refractivity contribution in [2.75, 3.05) is 0 Å². The lowest BCUT2D eigenvalue weighted by atomic mass is 9.97. The minimum atomic E-state index is -4.21. The molecular weight excluding hydrogens is 574 g/mol. The highest BCUT2D eigenvalue weighted by atomic mass is 32.2. The van der Waals surface area contributed by atoms with E-state index in [1.807, 2.05) is 6.92 Å². The summed E-state index contributed by atoms with van der Waals surface area (Å²) in [5.74, 6) is -1.69. The SMILES string of the molecule is [C-]#[N+]c1sccc1-c1c(-c2cccc(-c3ccc(C(=O)O)nc3)c2)n(S(=O)(=O)c2ccc(C)cc2)c2ccc(F)cc12. The second-order valence-corrected chi connectivity index (χ2v) is 12.2. The van der Waals surface area contributed by atoms with Gasteiger partial charge >= 0.3 is 5.97 Å². The van der Waals surface area contributed by atoms with Gasteiger partial charge in [-0.15, -0.1) is 0 Å². The summed E-state index contributed by atoms with van der Waals surface area (Å²) in [6.07, 6.45) is 1.44. The highest BCUT2D eigenvalue weighted by Gasteiger charge is 2.30. The van der Waals surface area contributed by atoms with Gasteiger partial charge in [-0.05, 0) is 60.3 Å². The molecule has 6 rings (SSSR count). The average Bonchev–Trinajstić information content (AvgIpc) is 3.59. The number of nitrogens with zero attached hydrogens (tertiary/aromatic N) is 3. The smallest absolute Gasteiger partial charge is 0.354 e. The van der Waals surface area contributed by atoms with E-state index >= 15 is 0 Å². The lowest BCUT2D eigenvalue weighted by molar-refractivity contribution is 0.0690. The van der Waals surface area contributed by atoms with Crippen LogP contribution in [0, 0.1) is 19.3 Å². The molecule has 42 heavy (non-hydrogen) atoms. The number of halogens is 1. The third-order valence-corrected chi connectivity index (χ3v) is 9.45. The quantitative estimate of drug-likeness (QED) is 0.197. The topological polar surface area (TPSA) is 93.6 Å². The van der Waals surface area contributed by atoms with Crippen LogP contribution in [0.25, 0.3) is 49.3 Å². The minimum absolute atomic E-state index is 0.0578. The van der Waals surface area contributed by atoms with Crippen molar-refractivity contribution >= 4 is 43.2 Å². The number of aryl methyl sites for hydroxylation is 1. The molecule has 0 spiro atoms. The monoisotopic (exact) mass is 593 g/mol. The van der Waals surface area contributed by atoms with Crippen molar-refractivity contribution in [2.24, 2.45) is 0 Å². The Bertz CT molecular complexity index is 2160. The van der Waals surface area contributed by atoms with Crippen molar-refractivity contribution in [1.29, 1.82) is 0 Å². The van der Waals surface area contributed by atoms with Gasteiger partial charge in [0.15, 0.2) is 0 Å². The zero-order valence-corrected chi connectivity index (χ0v) is 23.6. The number of aromatic nitrogens is 2. The molecule has 0 amide bonds. The zero-order chi connectivity index (χ0) is 29.6. The summed E-state index contributed by atoms with van der Waals surface area (Å²) in [6.45, 7) is 9.60. The Morgan fingerprint density at radius 2 is 1.74 bits per heavy atom. The number of rotatable bonds is 6. The van der Waals surface area contributed by atoms with E-state index in [2.05, 4.69) is 9.83 Å². The van der Waals surface area contributed by atoms with E-state index < -0.39 is 21.8 Å². The van der Waals surface area contributed by atoms with E-state index in [1.165, 1.54) is 57.9 Å². The van der Waals surface area contributed by atoms with E-state index in [0.29, 0.717) is 38.2 Å². The maximum absolute atomic E-state index is 14.8. The third-order valence-electron chi connectivity index (χ3n) is 6.91. The predicted octanol–water partition coefficient (Wildman–Crippen LogP) is 8.03. The molecule has 6 aromatic rings. The predicted molar refractivity (Wildman–Crippen MR) is 161 cm³/mol. The summed E-state index contributed by atoms with van der Waals surface area (Å²) in [6, 6.07) is 22.3. The van der Waals surface area contributed by atoms with Gasteiger partial charge in [0.25, 0.3) is 10.0 Å². The highest BCUT2D eigenvalue weighted by Crippen LogP contribution is 2.48. The van der Waals surface area contributed by atoms with Crippen LogP contribution in [0.2, 0.25) is 0 Å². The first-order chi connectivity index (χ1) is 20.2. The Hall–Kier alpha value is -5.11. The van der Waals surface area contributed by atoms with Crippen molar-refractivity contribution in [3.05, 3.63) is 125 Å². The summed E-state index contributed by atoms with van der Waals surface area (Å²) in [4.78, 5) is 19.0. The first-order valence-corrected chi connectivity index (χ1v) is 14.9. The molecule has 0 aliphatic heterocycles. The van der Waals surface area contributed by atoms with Gasteiger partial charge in [0, 0.05) is 33.8 Å². The van der Waals surface area contributed by atoms with Crippen LogP contribution in [0.15, 0.2) is 101 Å². The van der Waals surface area contributed by atoms with E-state index in [4.69, 9.17) is 6.57 Å². The number of thiophene rings is 1. The fourth-order valence-electron chi connectivity index (χ4n) is 4.95. The fourth-order valence-corrected chi connectivity index (χ4v) is 7.18. The van der Waals surface area contributed by atoms with Gasteiger partial charge < -0.3 is 5.11 Å². The van der Waals surface area contributed by atoms with Crippen LogP contribution in [-0.2, 0) is 10.0 Å². The number of carboxylic acids is 1. The molecule has 0 saturated carbocycles. The third kappa shape index (κ3) is 4.55. The molecule has 3 heterocycles. The number of aromatic carboxylic acids is 1. The molecule has 0 atom stereocenters. The normalized spacial score (nSPS) is 11.5. The van der Waals surface area contributed by atoms with Crippen LogP contribution in [0.5, 0.6) is 0 Å². The van der Waals surface area contributed by atoms with E-state index in [0.717, 1.165) is 5.56 Å². The van der Waals surface area contributed by atoms with E-state index in [-0.39, 0.29) is 21.8 Å². The molecule has 0 radical (unpaired) electrons. The van der Waals surface area contributed by atoms with Gasteiger partial charge in [0.05, 0.1) is 22.7 Å². The Balaban J connectivity index is 1.71. The van der Waals surface area contributed by atoms with Crippen LogP contribution >= 0.6 is 11.3 Å².